The molecule has 17 heavy (non-hydrogen) atoms. The maximum atomic E-state index is 5.83. The Kier molecular flexibility index (Phi) is 2.74. The van der Waals surface area contributed by atoms with Crippen molar-refractivity contribution in [3.63, 3.8) is 0 Å². The van der Waals surface area contributed by atoms with Gasteiger partial charge in [-0.2, -0.15) is 0 Å². The lowest BCUT2D eigenvalue weighted by atomic mass is 10.1. The van der Waals surface area contributed by atoms with Gasteiger partial charge in [-0.25, -0.2) is 9.97 Å². The molecule has 0 fully saturated rings. The Morgan fingerprint density at radius 2 is 1.82 bits per heavy atom. The van der Waals surface area contributed by atoms with Crippen molar-refractivity contribution in [1.29, 1.82) is 0 Å². The van der Waals surface area contributed by atoms with E-state index in [0.717, 1.165) is 22.2 Å². The Hall–Kier alpha value is -1.17. The summed E-state index contributed by atoms with van der Waals surface area (Å²) in [4.78, 5) is 8.80. The summed E-state index contributed by atoms with van der Waals surface area (Å²) in [5.41, 5.74) is 8.66. The molecule has 3 nitrogen and oxygen atoms in total. The molecular formula is C13H12IN3. The monoisotopic (exact) mass is 337 g/mol. The molecule has 0 bridgehead atoms. The first kappa shape index (κ1) is 11.0. The second-order valence-electron chi connectivity index (χ2n) is 4.34. The van der Waals surface area contributed by atoms with Crippen LogP contribution in [0.25, 0.3) is 0 Å². The van der Waals surface area contributed by atoms with Gasteiger partial charge in [-0.15, -0.1) is 0 Å². The van der Waals surface area contributed by atoms with E-state index in [1.54, 1.807) is 6.20 Å². The van der Waals surface area contributed by atoms with Crippen LogP contribution in [0.3, 0.4) is 0 Å². The Balaban J connectivity index is 1.91. The van der Waals surface area contributed by atoms with Gasteiger partial charge < -0.3 is 5.73 Å². The van der Waals surface area contributed by atoms with Gasteiger partial charge in [0.05, 0.1) is 3.57 Å². The number of hydrogen-bond acceptors (Lipinski definition) is 3. The van der Waals surface area contributed by atoms with Crippen molar-refractivity contribution in [2.45, 2.75) is 18.8 Å². The van der Waals surface area contributed by atoms with Crippen LogP contribution in [0.4, 0.5) is 5.82 Å². The highest BCUT2D eigenvalue weighted by Crippen LogP contribution is 2.32. The van der Waals surface area contributed by atoms with E-state index in [1.165, 1.54) is 11.1 Å². The Bertz CT molecular complexity index is 543. The SMILES string of the molecule is Nc1nc(C2Cc3ccccc3C2)ncc1I. The number of hydrogen-bond donors (Lipinski definition) is 1. The minimum atomic E-state index is 0.381. The fourth-order valence-electron chi connectivity index (χ4n) is 2.33. The third-order valence-electron chi connectivity index (χ3n) is 3.21. The predicted octanol–water partition coefficient (Wildman–Crippen LogP) is 2.55. The van der Waals surface area contributed by atoms with Crippen LogP contribution >= 0.6 is 22.6 Å². The average Bonchev–Trinajstić information content (AvgIpc) is 2.76. The lowest BCUT2D eigenvalue weighted by Gasteiger charge is -2.08. The number of halogens is 1. The van der Waals surface area contributed by atoms with Crippen LogP contribution in [-0.4, -0.2) is 9.97 Å². The number of aromatic nitrogens is 2. The fourth-order valence-corrected chi connectivity index (χ4v) is 2.59. The molecule has 0 amide bonds. The molecular weight excluding hydrogens is 325 g/mol. The Morgan fingerprint density at radius 1 is 1.18 bits per heavy atom. The van der Waals surface area contributed by atoms with Crippen molar-refractivity contribution in [3.8, 4) is 0 Å². The highest BCUT2D eigenvalue weighted by Gasteiger charge is 2.24. The summed E-state index contributed by atoms with van der Waals surface area (Å²) in [6, 6.07) is 8.55. The molecule has 1 aromatic heterocycles. The smallest absolute Gasteiger partial charge is 0.140 e. The molecule has 0 unspecified atom stereocenters. The molecule has 0 spiro atoms. The van der Waals surface area contributed by atoms with Crippen LogP contribution < -0.4 is 5.73 Å². The molecule has 4 heteroatoms. The summed E-state index contributed by atoms with van der Waals surface area (Å²) in [7, 11) is 0. The van der Waals surface area contributed by atoms with Gasteiger partial charge >= 0.3 is 0 Å². The quantitative estimate of drug-likeness (QED) is 0.814. The van der Waals surface area contributed by atoms with E-state index in [9.17, 15) is 0 Å². The summed E-state index contributed by atoms with van der Waals surface area (Å²) in [6.07, 6.45) is 3.85. The summed E-state index contributed by atoms with van der Waals surface area (Å²) in [6.45, 7) is 0. The van der Waals surface area contributed by atoms with E-state index in [4.69, 9.17) is 5.73 Å². The van der Waals surface area contributed by atoms with Gasteiger partial charge in [0.15, 0.2) is 0 Å². The van der Waals surface area contributed by atoms with Crippen molar-refractivity contribution in [3.05, 3.63) is 51.0 Å². The predicted molar refractivity (Wildman–Crippen MR) is 75.8 cm³/mol. The molecule has 1 heterocycles. The number of nitrogens with zero attached hydrogens (tertiary/aromatic N) is 2. The van der Waals surface area contributed by atoms with Gasteiger partial charge in [-0.05, 0) is 46.6 Å². The van der Waals surface area contributed by atoms with Crippen molar-refractivity contribution < 1.29 is 0 Å². The minimum Gasteiger partial charge on any atom is -0.383 e. The molecule has 2 N–H and O–H groups in total. The van der Waals surface area contributed by atoms with E-state index in [-0.39, 0.29) is 0 Å². The van der Waals surface area contributed by atoms with Crippen LogP contribution in [0, 0.1) is 3.57 Å². The van der Waals surface area contributed by atoms with Gasteiger partial charge in [0, 0.05) is 12.1 Å². The van der Waals surface area contributed by atoms with E-state index < -0.39 is 0 Å². The largest absolute Gasteiger partial charge is 0.383 e. The highest BCUT2D eigenvalue weighted by molar-refractivity contribution is 14.1. The van der Waals surface area contributed by atoms with Gasteiger partial charge in [-0.3, -0.25) is 0 Å². The first-order valence-electron chi connectivity index (χ1n) is 5.58. The zero-order chi connectivity index (χ0) is 11.8. The molecule has 1 aromatic carbocycles. The number of anilines is 1. The van der Waals surface area contributed by atoms with Crippen molar-refractivity contribution in [2.24, 2.45) is 0 Å². The lowest BCUT2D eigenvalue weighted by Crippen LogP contribution is -2.07. The van der Waals surface area contributed by atoms with Crippen LogP contribution in [0.15, 0.2) is 30.5 Å². The van der Waals surface area contributed by atoms with Crippen LogP contribution in [0.1, 0.15) is 22.9 Å². The van der Waals surface area contributed by atoms with E-state index in [1.807, 2.05) is 0 Å². The average molecular weight is 337 g/mol. The molecule has 0 saturated carbocycles. The Labute approximate surface area is 114 Å². The first-order valence-corrected chi connectivity index (χ1v) is 6.66. The first-order chi connectivity index (χ1) is 8.24. The lowest BCUT2D eigenvalue weighted by molar-refractivity contribution is 0.682. The number of fused-ring (bicyclic) bond motifs is 1. The summed E-state index contributed by atoms with van der Waals surface area (Å²) >= 11 is 2.15. The van der Waals surface area contributed by atoms with Crippen LogP contribution in [0.2, 0.25) is 0 Å². The maximum Gasteiger partial charge on any atom is 0.140 e. The highest BCUT2D eigenvalue weighted by atomic mass is 127. The fraction of sp³-hybridized carbons (Fsp3) is 0.231. The molecule has 0 radical (unpaired) electrons. The molecule has 0 aliphatic heterocycles. The molecule has 1 aliphatic carbocycles. The van der Waals surface area contributed by atoms with E-state index in [0.29, 0.717) is 11.7 Å². The van der Waals surface area contributed by atoms with Crippen LogP contribution in [-0.2, 0) is 12.8 Å². The van der Waals surface area contributed by atoms with Gasteiger partial charge in [0.1, 0.15) is 11.6 Å². The molecule has 86 valence electrons. The second-order valence-corrected chi connectivity index (χ2v) is 5.50. The van der Waals surface area contributed by atoms with Crippen molar-refractivity contribution in [2.75, 3.05) is 5.73 Å². The summed E-state index contributed by atoms with van der Waals surface area (Å²) < 4.78 is 0.918. The number of nitrogens with two attached hydrogens (primary N) is 1. The topological polar surface area (TPSA) is 51.8 Å². The zero-order valence-corrected chi connectivity index (χ0v) is 11.4. The number of nitrogen functional groups attached to an aromatic ring is 1. The summed E-state index contributed by atoms with van der Waals surface area (Å²) in [5.74, 6) is 1.84. The van der Waals surface area contributed by atoms with Crippen molar-refractivity contribution in [1.82, 2.24) is 9.97 Å². The molecule has 3 rings (SSSR count). The second kappa shape index (κ2) is 4.25. The standard InChI is InChI=1S/C13H12IN3/c14-11-7-16-13(17-12(11)15)10-5-8-3-1-2-4-9(8)6-10/h1-4,7,10H,5-6H2,(H2,15,16,17). The maximum absolute atomic E-state index is 5.83. The normalized spacial score (nSPS) is 14.9. The Morgan fingerprint density at radius 3 is 2.41 bits per heavy atom. The summed E-state index contributed by atoms with van der Waals surface area (Å²) in [5, 5.41) is 0. The van der Waals surface area contributed by atoms with Gasteiger partial charge in [0.2, 0.25) is 0 Å². The third kappa shape index (κ3) is 2.01. The van der Waals surface area contributed by atoms with Crippen molar-refractivity contribution >= 4 is 28.4 Å². The molecule has 1 aliphatic rings. The van der Waals surface area contributed by atoms with Gasteiger partial charge in [-0.1, -0.05) is 24.3 Å². The molecule has 0 saturated heterocycles. The van der Waals surface area contributed by atoms with Crippen LogP contribution in [0.5, 0.6) is 0 Å². The van der Waals surface area contributed by atoms with Gasteiger partial charge in [0.25, 0.3) is 0 Å². The number of benzene rings is 1. The zero-order valence-electron chi connectivity index (χ0n) is 9.23. The third-order valence-corrected chi connectivity index (χ3v) is 4.04. The van der Waals surface area contributed by atoms with E-state index >= 15 is 0 Å². The number of rotatable bonds is 1. The molecule has 2 aromatic rings. The molecule has 0 atom stereocenters. The van der Waals surface area contributed by atoms with E-state index in [2.05, 4.69) is 56.8 Å². The minimum absolute atomic E-state index is 0.381.